The average molecular weight is 583 g/mol. The van der Waals surface area contributed by atoms with Crippen LogP contribution >= 0.6 is 0 Å². The summed E-state index contributed by atoms with van der Waals surface area (Å²) in [5, 5.41) is 6.71. The van der Waals surface area contributed by atoms with Crippen LogP contribution in [0.1, 0.15) is 24.0 Å². The van der Waals surface area contributed by atoms with E-state index in [4.69, 9.17) is 9.47 Å². The third-order valence-corrected chi connectivity index (χ3v) is 8.00. The fourth-order valence-electron chi connectivity index (χ4n) is 3.99. The summed E-state index contributed by atoms with van der Waals surface area (Å²) in [5.41, 5.74) is 4.16. The van der Waals surface area contributed by atoms with Gasteiger partial charge in [-0.2, -0.15) is 5.10 Å². The summed E-state index contributed by atoms with van der Waals surface area (Å²) in [5.74, 6) is -1.01. The molecule has 0 saturated carbocycles. The van der Waals surface area contributed by atoms with E-state index in [9.17, 15) is 22.4 Å². The Morgan fingerprint density at radius 2 is 1.76 bits per heavy atom. The summed E-state index contributed by atoms with van der Waals surface area (Å²) in [4.78, 5) is 24.5. The molecule has 41 heavy (non-hydrogen) atoms. The molecule has 1 fully saturated rings. The number of carbonyl (C=O) groups is 2. The van der Waals surface area contributed by atoms with Crippen LogP contribution in [0.25, 0.3) is 0 Å². The Hall–Kier alpha value is -4.29. The van der Waals surface area contributed by atoms with Crippen LogP contribution in [-0.4, -0.2) is 58.9 Å². The molecule has 1 heterocycles. The number of rotatable bonds is 12. The van der Waals surface area contributed by atoms with E-state index in [1.54, 1.807) is 48.5 Å². The zero-order valence-electron chi connectivity index (χ0n) is 22.5. The molecule has 3 aromatic rings. The molecule has 0 radical (unpaired) electrons. The molecule has 2 N–H and O–H groups in total. The minimum absolute atomic E-state index is 0.0582. The molecule has 1 saturated heterocycles. The van der Waals surface area contributed by atoms with Crippen LogP contribution in [0.4, 0.5) is 10.1 Å². The van der Waals surface area contributed by atoms with Crippen molar-refractivity contribution in [2.45, 2.75) is 30.8 Å². The van der Waals surface area contributed by atoms with Gasteiger partial charge in [0.05, 0.1) is 22.9 Å². The molecule has 0 aromatic heterocycles. The maximum atomic E-state index is 13.4. The van der Waals surface area contributed by atoms with Crippen molar-refractivity contribution < 1.29 is 31.9 Å². The normalized spacial score (nSPS) is 15.0. The van der Waals surface area contributed by atoms with Crippen LogP contribution in [0.5, 0.6) is 5.75 Å². The lowest BCUT2D eigenvalue weighted by molar-refractivity contribution is -0.123. The molecule has 0 aliphatic carbocycles. The maximum Gasteiger partial charge on any atom is 0.264 e. The Kier molecular flexibility index (Phi) is 10.0. The first-order valence-corrected chi connectivity index (χ1v) is 14.4. The molecule has 1 atom stereocenters. The van der Waals surface area contributed by atoms with Gasteiger partial charge in [-0.1, -0.05) is 17.7 Å². The lowest BCUT2D eigenvalue weighted by Gasteiger charge is -2.23. The van der Waals surface area contributed by atoms with Crippen LogP contribution < -0.4 is 19.8 Å². The summed E-state index contributed by atoms with van der Waals surface area (Å²) >= 11 is 0. The number of carbonyl (C=O) groups excluding carboxylic acids is 2. The van der Waals surface area contributed by atoms with Crippen LogP contribution in [0, 0.1) is 12.7 Å². The molecular formula is C29H31FN4O6S. The molecule has 2 amide bonds. The number of sulfonamides is 1. The van der Waals surface area contributed by atoms with Crippen molar-refractivity contribution in [3.05, 3.63) is 89.7 Å². The molecule has 3 aromatic carbocycles. The number of benzene rings is 3. The van der Waals surface area contributed by atoms with Gasteiger partial charge in [0.1, 0.15) is 18.1 Å². The Morgan fingerprint density at radius 1 is 1.05 bits per heavy atom. The number of amides is 2. The molecule has 1 aliphatic heterocycles. The summed E-state index contributed by atoms with van der Waals surface area (Å²) in [6, 6.07) is 17.7. The number of hydrogen-bond donors (Lipinski definition) is 2. The number of nitrogens with zero attached hydrogens (tertiary/aromatic N) is 2. The number of aryl methyl sites for hydroxylation is 1. The molecule has 1 unspecified atom stereocenters. The third kappa shape index (κ3) is 8.60. The zero-order valence-corrected chi connectivity index (χ0v) is 23.3. The highest BCUT2D eigenvalue weighted by atomic mass is 32.2. The van der Waals surface area contributed by atoms with E-state index in [0.29, 0.717) is 17.9 Å². The molecule has 0 spiro atoms. The maximum absolute atomic E-state index is 13.4. The van der Waals surface area contributed by atoms with Gasteiger partial charge >= 0.3 is 0 Å². The summed E-state index contributed by atoms with van der Waals surface area (Å²) in [6.45, 7) is 2.36. The van der Waals surface area contributed by atoms with Gasteiger partial charge in [-0.15, -0.1) is 0 Å². The number of ether oxygens (including phenoxy) is 2. The smallest absolute Gasteiger partial charge is 0.264 e. The number of hydrogen-bond acceptors (Lipinski definition) is 7. The molecule has 0 bridgehead atoms. The van der Waals surface area contributed by atoms with E-state index in [1.807, 2.05) is 6.92 Å². The van der Waals surface area contributed by atoms with Crippen LogP contribution in [-0.2, 0) is 24.3 Å². The molecule has 1 aliphatic rings. The van der Waals surface area contributed by atoms with Gasteiger partial charge in [-0.05, 0) is 86.0 Å². The standard InChI is InChI=1S/C29H31FN4O6S/c1-21-4-10-24(11-5-21)34(41(37,38)27-14-8-23(30)9-15-27)19-28(35)33-32-17-22-6-12-25(13-7-22)40-20-29(36)31-18-26-3-2-16-39-26/h4-15,17,26H,2-3,16,18-20H2,1H3,(H,31,36)(H,33,35)/b32-17+. The van der Waals surface area contributed by atoms with E-state index in [1.165, 1.54) is 6.21 Å². The highest BCUT2D eigenvalue weighted by Gasteiger charge is 2.27. The van der Waals surface area contributed by atoms with Crippen LogP contribution in [0.15, 0.2) is 82.8 Å². The van der Waals surface area contributed by atoms with Crippen molar-refractivity contribution in [2.75, 3.05) is 30.6 Å². The van der Waals surface area contributed by atoms with Gasteiger partial charge in [0.15, 0.2) is 6.61 Å². The number of halogens is 1. The lowest BCUT2D eigenvalue weighted by atomic mass is 10.2. The van der Waals surface area contributed by atoms with Gasteiger partial charge < -0.3 is 14.8 Å². The highest BCUT2D eigenvalue weighted by molar-refractivity contribution is 7.92. The number of anilines is 1. The predicted molar refractivity (Wildman–Crippen MR) is 152 cm³/mol. The van der Waals surface area contributed by atoms with Crippen molar-refractivity contribution in [3.63, 3.8) is 0 Å². The third-order valence-electron chi connectivity index (χ3n) is 6.21. The van der Waals surface area contributed by atoms with Gasteiger partial charge in [0.2, 0.25) is 0 Å². The zero-order chi connectivity index (χ0) is 29.2. The summed E-state index contributed by atoms with van der Waals surface area (Å²) < 4.78 is 51.9. The topological polar surface area (TPSA) is 126 Å². The van der Waals surface area contributed by atoms with Crippen LogP contribution in [0.2, 0.25) is 0 Å². The Morgan fingerprint density at radius 3 is 2.41 bits per heavy atom. The number of nitrogens with one attached hydrogen (secondary N) is 2. The first-order chi connectivity index (χ1) is 19.7. The molecule has 4 rings (SSSR count). The molecule has 216 valence electrons. The fraction of sp³-hybridized carbons (Fsp3) is 0.276. The van der Waals surface area contributed by atoms with Gasteiger partial charge in [-0.3, -0.25) is 13.9 Å². The first-order valence-electron chi connectivity index (χ1n) is 13.0. The highest BCUT2D eigenvalue weighted by Crippen LogP contribution is 2.24. The second kappa shape index (κ2) is 13.9. The van der Waals surface area contributed by atoms with Crippen LogP contribution in [0.3, 0.4) is 0 Å². The summed E-state index contributed by atoms with van der Waals surface area (Å²) in [6.07, 6.45) is 3.38. The minimum atomic E-state index is -4.18. The van der Waals surface area contributed by atoms with Crippen molar-refractivity contribution in [3.8, 4) is 5.75 Å². The predicted octanol–water partition coefficient (Wildman–Crippen LogP) is 3.15. The molecular weight excluding hydrogens is 551 g/mol. The Bertz CT molecular complexity index is 1460. The summed E-state index contributed by atoms with van der Waals surface area (Å²) in [7, 11) is -4.18. The second-order valence-corrected chi connectivity index (χ2v) is 11.3. The van der Waals surface area contributed by atoms with Crippen molar-refractivity contribution in [2.24, 2.45) is 5.10 Å². The molecule has 12 heteroatoms. The Balaban J connectivity index is 1.32. The van der Waals surface area contributed by atoms with E-state index in [0.717, 1.165) is 53.6 Å². The lowest BCUT2D eigenvalue weighted by Crippen LogP contribution is -2.39. The van der Waals surface area contributed by atoms with Crippen molar-refractivity contribution >= 4 is 33.7 Å². The first kappa shape index (κ1) is 29.7. The minimum Gasteiger partial charge on any atom is -0.484 e. The van der Waals surface area contributed by atoms with E-state index in [2.05, 4.69) is 15.8 Å². The van der Waals surface area contributed by atoms with Gasteiger partial charge in [-0.25, -0.2) is 18.2 Å². The quantitative estimate of drug-likeness (QED) is 0.250. The van der Waals surface area contributed by atoms with Gasteiger partial charge in [0, 0.05) is 13.2 Å². The van der Waals surface area contributed by atoms with E-state index < -0.39 is 28.3 Å². The SMILES string of the molecule is Cc1ccc(N(CC(=O)N/N=C/c2ccc(OCC(=O)NCC3CCCO3)cc2)S(=O)(=O)c2ccc(F)cc2)cc1. The Labute approximate surface area is 238 Å². The second-order valence-electron chi connectivity index (χ2n) is 9.39. The fourth-order valence-corrected chi connectivity index (χ4v) is 5.41. The van der Waals surface area contributed by atoms with E-state index in [-0.39, 0.29) is 29.2 Å². The largest absolute Gasteiger partial charge is 0.484 e. The van der Waals surface area contributed by atoms with Crippen molar-refractivity contribution in [1.82, 2.24) is 10.7 Å². The van der Waals surface area contributed by atoms with E-state index >= 15 is 0 Å². The van der Waals surface area contributed by atoms with Crippen molar-refractivity contribution in [1.29, 1.82) is 0 Å². The number of hydrazone groups is 1. The monoisotopic (exact) mass is 582 g/mol. The van der Waals surface area contributed by atoms with Gasteiger partial charge in [0.25, 0.3) is 21.8 Å². The molecule has 10 nitrogen and oxygen atoms in total. The average Bonchev–Trinajstić information content (AvgIpc) is 3.49.